The van der Waals surface area contributed by atoms with Gasteiger partial charge in [-0.2, -0.15) is 0 Å². The van der Waals surface area contributed by atoms with Gasteiger partial charge in [0.15, 0.2) is 0 Å². The van der Waals surface area contributed by atoms with Crippen molar-refractivity contribution in [2.75, 3.05) is 0 Å². The fourth-order valence-electron chi connectivity index (χ4n) is 3.20. The Hall–Kier alpha value is -2.14. The van der Waals surface area contributed by atoms with Gasteiger partial charge in [0.25, 0.3) is 0 Å². The summed E-state index contributed by atoms with van der Waals surface area (Å²) in [6, 6.07) is 17.2. The number of halogens is 1. The number of hydrogen-bond donors (Lipinski definition) is 1. The Morgan fingerprint density at radius 3 is 2.28 bits per heavy atom. The quantitative estimate of drug-likeness (QED) is 0.597. The highest BCUT2D eigenvalue weighted by atomic mass is 79.9. The molecule has 2 amide bonds. The van der Waals surface area contributed by atoms with Gasteiger partial charge in [0.1, 0.15) is 6.04 Å². The molecular weight excluding hydrogens is 428 g/mol. The number of carbonyl (C=O) groups excluding carboxylic acids is 2. The molecule has 0 aliphatic carbocycles. The third kappa shape index (κ3) is 7.65. The molecule has 5 heteroatoms. The summed E-state index contributed by atoms with van der Waals surface area (Å²) in [6.07, 6.45) is 1.64. The Morgan fingerprint density at radius 2 is 1.69 bits per heavy atom. The monoisotopic (exact) mass is 458 g/mol. The van der Waals surface area contributed by atoms with Crippen LogP contribution in [0.2, 0.25) is 0 Å². The highest BCUT2D eigenvalue weighted by Crippen LogP contribution is 2.19. The van der Waals surface area contributed by atoms with Crippen LogP contribution in [0.15, 0.2) is 59.1 Å². The third-order valence-corrected chi connectivity index (χ3v) is 4.97. The van der Waals surface area contributed by atoms with E-state index in [-0.39, 0.29) is 17.4 Å². The molecule has 0 spiro atoms. The first-order chi connectivity index (χ1) is 13.7. The zero-order chi connectivity index (χ0) is 21.4. The Bertz CT molecular complexity index is 815. The van der Waals surface area contributed by atoms with E-state index in [1.165, 1.54) is 0 Å². The van der Waals surface area contributed by atoms with Crippen LogP contribution >= 0.6 is 15.9 Å². The maximum absolute atomic E-state index is 13.3. The summed E-state index contributed by atoms with van der Waals surface area (Å²) in [4.78, 5) is 28.1. The van der Waals surface area contributed by atoms with Gasteiger partial charge in [-0.1, -0.05) is 65.3 Å². The normalized spacial score (nSPS) is 12.3. The smallest absolute Gasteiger partial charge is 0.243 e. The molecule has 0 heterocycles. The molecule has 0 unspecified atom stereocenters. The number of nitrogens with one attached hydrogen (secondary N) is 1. The van der Waals surface area contributed by atoms with Crippen LogP contribution in [0.1, 0.15) is 51.7 Å². The molecule has 2 rings (SSSR count). The molecule has 2 aromatic carbocycles. The molecule has 0 radical (unpaired) electrons. The number of carbonyl (C=O) groups is 2. The molecule has 156 valence electrons. The number of rotatable bonds is 8. The van der Waals surface area contributed by atoms with Gasteiger partial charge in [-0.05, 0) is 50.5 Å². The lowest BCUT2D eigenvalue weighted by Crippen LogP contribution is -2.54. The Kier molecular flexibility index (Phi) is 8.45. The Balaban J connectivity index is 2.40. The zero-order valence-corrected chi connectivity index (χ0v) is 19.3. The molecule has 29 heavy (non-hydrogen) atoms. The number of nitrogens with zero attached hydrogens (tertiary/aromatic N) is 1. The number of benzene rings is 2. The largest absolute Gasteiger partial charge is 0.350 e. The van der Waals surface area contributed by atoms with Crippen LogP contribution in [-0.4, -0.2) is 28.3 Å². The lowest BCUT2D eigenvalue weighted by Gasteiger charge is -2.34. The predicted octanol–water partition coefficient (Wildman–Crippen LogP) is 5.10. The minimum atomic E-state index is -0.574. The van der Waals surface area contributed by atoms with Crippen molar-refractivity contribution in [3.05, 3.63) is 70.2 Å². The van der Waals surface area contributed by atoms with Crippen molar-refractivity contribution < 1.29 is 9.59 Å². The minimum Gasteiger partial charge on any atom is -0.350 e. The molecule has 4 nitrogen and oxygen atoms in total. The highest BCUT2D eigenvalue weighted by Gasteiger charge is 2.31. The Morgan fingerprint density at radius 1 is 1.03 bits per heavy atom. The van der Waals surface area contributed by atoms with Crippen LogP contribution in [-0.2, 0) is 22.6 Å². The predicted molar refractivity (Wildman–Crippen MR) is 121 cm³/mol. The molecular formula is C24H31BrN2O2. The molecule has 1 atom stereocenters. The van der Waals surface area contributed by atoms with Crippen LogP contribution in [0, 0.1) is 0 Å². The van der Waals surface area contributed by atoms with Gasteiger partial charge in [-0.25, -0.2) is 0 Å². The summed E-state index contributed by atoms with van der Waals surface area (Å²) in [5.41, 5.74) is 1.65. The van der Waals surface area contributed by atoms with Crippen molar-refractivity contribution in [3.8, 4) is 0 Å². The highest BCUT2D eigenvalue weighted by molar-refractivity contribution is 9.10. The molecule has 0 aliphatic heterocycles. The molecule has 0 saturated carbocycles. The van der Waals surface area contributed by atoms with E-state index in [0.29, 0.717) is 19.4 Å². The van der Waals surface area contributed by atoms with Crippen molar-refractivity contribution in [3.63, 3.8) is 0 Å². The van der Waals surface area contributed by atoms with E-state index in [0.717, 1.165) is 22.0 Å². The first-order valence-corrected chi connectivity index (χ1v) is 10.9. The third-order valence-electron chi connectivity index (χ3n) is 4.48. The second-order valence-electron chi connectivity index (χ2n) is 8.35. The zero-order valence-electron chi connectivity index (χ0n) is 17.7. The van der Waals surface area contributed by atoms with Gasteiger partial charge in [0, 0.05) is 29.4 Å². The van der Waals surface area contributed by atoms with Crippen LogP contribution < -0.4 is 5.32 Å². The van der Waals surface area contributed by atoms with E-state index in [2.05, 4.69) is 21.2 Å². The van der Waals surface area contributed by atoms with Crippen molar-refractivity contribution in [2.24, 2.45) is 0 Å². The van der Waals surface area contributed by atoms with Crippen LogP contribution in [0.5, 0.6) is 0 Å². The fourth-order valence-corrected chi connectivity index (χ4v) is 3.64. The number of hydrogen-bond acceptors (Lipinski definition) is 2. The van der Waals surface area contributed by atoms with E-state index >= 15 is 0 Å². The standard InChI is InChI=1S/C24H31BrN2O2/c1-5-10-22(28)27(17-19-13-9-14-20(25)15-19)21(23(29)26-24(2,3)4)16-18-11-7-6-8-12-18/h6-9,11-15,21H,5,10,16-17H2,1-4H3,(H,26,29)/t21-/m0/s1. The van der Waals surface area contributed by atoms with E-state index in [1.807, 2.05) is 82.3 Å². The molecule has 0 saturated heterocycles. The Labute approximate surface area is 182 Å². The molecule has 0 aromatic heterocycles. The lowest BCUT2D eigenvalue weighted by molar-refractivity contribution is -0.142. The van der Waals surface area contributed by atoms with Crippen molar-refractivity contribution in [1.82, 2.24) is 10.2 Å². The summed E-state index contributed by atoms with van der Waals surface area (Å²) in [7, 11) is 0. The van der Waals surface area contributed by atoms with Gasteiger partial charge < -0.3 is 10.2 Å². The van der Waals surface area contributed by atoms with Crippen LogP contribution in [0.25, 0.3) is 0 Å². The van der Waals surface area contributed by atoms with E-state index in [9.17, 15) is 9.59 Å². The molecule has 0 aliphatic rings. The SMILES string of the molecule is CCCC(=O)N(Cc1cccc(Br)c1)[C@@H](Cc1ccccc1)C(=O)NC(C)(C)C. The second-order valence-corrected chi connectivity index (χ2v) is 9.26. The summed E-state index contributed by atoms with van der Waals surface area (Å²) >= 11 is 3.50. The van der Waals surface area contributed by atoms with Crippen LogP contribution in [0.4, 0.5) is 0 Å². The van der Waals surface area contributed by atoms with E-state index in [1.54, 1.807) is 4.90 Å². The fraction of sp³-hybridized carbons (Fsp3) is 0.417. The maximum atomic E-state index is 13.3. The van der Waals surface area contributed by atoms with Gasteiger partial charge in [-0.3, -0.25) is 9.59 Å². The average molecular weight is 459 g/mol. The summed E-state index contributed by atoms with van der Waals surface area (Å²) < 4.78 is 0.955. The van der Waals surface area contributed by atoms with Gasteiger partial charge >= 0.3 is 0 Å². The molecule has 0 bridgehead atoms. The van der Waals surface area contributed by atoms with E-state index < -0.39 is 6.04 Å². The van der Waals surface area contributed by atoms with Crippen molar-refractivity contribution in [1.29, 1.82) is 0 Å². The summed E-state index contributed by atoms with van der Waals surface area (Å²) in [5.74, 6) is -0.127. The van der Waals surface area contributed by atoms with Crippen molar-refractivity contribution in [2.45, 2.75) is 65.1 Å². The van der Waals surface area contributed by atoms with Gasteiger partial charge in [0.05, 0.1) is 0 Å². The first kappa shape index (κ1) is 23.1. The first-order valence-electron chi connectivity index (χ1n) is 10.1. The van der Waals surface area contributed by atoms with Gasteiger partial charge in [0.2, 0.25) is 11.8 Å². The second kappa shape index (κ2) is 10.6. The minimum absolute atomic E-state index is 0.00235. The van der Waals surface area contributed by atoms with E-state index in [4.69, 9.17) is 0 Å². The average Bonchev–Trinajstić information content (AvgIpc) is 2.64. The molecule has 2 aromatic rings. The number of amides is 2. The topological polar surface area (TPSA) is 49.4 Å². The summed E-state index contributed by atoms with van der Waals surface area (Å²) in [6.45, 7) is 8.24. The lowest BCUT2D eigenvalue weighted by atomic mass is 10.0. The molecule has 1 N–H and O–H groups in total. The van der Waals surface area contributed by atoms with Crippen molar-refractivity contribution >= 4 is 27.7 Å². The van der Waals surface area contributed by atoms with Gasteiger partial charge in [-0.15, -0.1) is 0 Å². The maximum Gasteiger partial charge on any atom is 0.243 e. The van der Waals surface area contributed by atoms with Crippen LogP contribution in [0.3, 0.4) is 0 Å². The molecule has 0 fully saturated rings. The summed E-state index contributed by atoms with van der Waals surface area (Å²) in [5, 5.41) is 3.07.